The Balaban J connectivity index is 2.12. The molecule has 1 unspecified atom stereocenters. The highest BCUT2D eigenvalue weighted by atomic mass is 79.9. The van der Waals surface area contributed by atoms with Gasteiger partial charge in [-0.15, -0.1) is 0 Å². The first-order valence-electron chi connectivity index (χ1n) is 6.61. The molecule has 2 rings (SSSR count). The molecule has 0 amide bonds. The lowest BCUT2D eigenvalue weighted by molar-refractivity contribution is 0.581. The zero-order chi connectivity index (χ0) is 15.3. The minimum absolute atomic E-state index is 0.187. The molecule has 1 aromatic rings. The smallest absolute Gasteiger partial charge is 0.244 e. The van der Waals surface area contributed by atoms with E-state index in [1.54, 1.807) is 12.3 Å². The molecule has 1 aliphatic heterocycles. The van der Waals surface area contributed by atoms with E-state index in [1.807, 2.05) is 30.4 Å². The first-order chi connectivity index (χ1) is 10.0. The maximum atomic E-state index is 12.5. The summed E-state index contributed by atoms with van der Waals surface area (Å²) in [5.41, 5.74) is 0. The fraction of sp³-hybridized carbons (Fsp3) is 0.583. The van der Waals surface area contributed by atoms with Gasteiger partial charge in [0.1, 0.15) is 10.7 Å². The molecule has 2 N–H and O–H groups in total. The molecule has 1 aliphatic rings. The van der Waals surface area contributed by atoms with Crippen molar-refractivity contribution in [1.82, 2.24) is 9.71 Å². The van der Waals surface area contributed by atoms with Gasteiger partial charge in [0.2, 0.25) is 10.0 Å². The number of aromatic nitrogens is 1. The molecule has 118 valence electrons. The highest BCUT2D eigenvalue weighted by molar-refractivity contribution is 9.10. The van der Waals surface area contributed by atoms with Crippen LogP contribution >= 0.6 is 39.5 Å². The molecule has 2 heterocycles. The Hall–Kier alpha value is 0.0400. The summed E-state index contributed by atoms with van der Waals surface area (Å²) >= 11 is 6.98. The van der Waals surface area contributed by atoms with Crippen molar-refractivity contribution in [1.29, 1.82) is 0 Å². The minimum atomic E-state index is -3.56. The largest absolute Gasteiger partial charge is 0.369 e. The lowest BCUT2D eigenvalue weighted by Gasteiger charge is -2.21. The van der Waals surface area contributed by atoms with Crippen LogP contribution in [0, 0.1) is 0 Å². The Morgan fingerprint density at radius 1 is 1.48 bits per heavy atom. The molecule has 21 heavy (non-hydrogen) atoms. The van der Waals surface area contributed by atoms with Crippen LogP contribution < -0.4 is 10.0 Å². The standard InChI is InChI=1S/C12H18BrN3O2S3/c1-2-14-12-11(5-9(13)6-15-12)21(17,18)16-7-10-8-19-3-4-20-10/h5-6,10,16H,2-4,7-8H2,1H3,(H,14,15). The van der Waals surface area contributed by atoms with E-state index >= 15 is 0 Å². The highest BCUT2D eigenvalue weighted by Gasteiger charge is 2.22. The van der Waals surface area contributed by atoms with Gasteiger partial charge in [-0.05, 0) is 28.9 Å². The van der Waals surface area contributed by atoms with Crippen molar-refractivity contribution in [2.75, 3.05) is 35.7 Å². The molecular weight excluding hydrogens is 394 g/mol. The molecule has 1 fully saturated rings. The maximum absolute atomic E-state index is 12.5. The normalized spacial score (nSPS) is 19.4. The van der Waals surface area contributed by atoms with Crippen molar-refractivity contribution in [2.24, 2.45) is 0 Å². The molecule has 0 bridgehead atoms. The van der Waals surface area contributed by atoms with Crippen LogP contribution in [-0.4, -0.2) is 49.0 Å². The van der Waals surface area contributed by atoms with E-state index < -0.39 is 10.0 Å². The molecule has 1 atom stereocenters. The van der Waals surface area contributed by atoms with E-state index in [-0.39, 0.29) is 4.90 Å². The summed E-state index contributed by atoms with van der Waals surface area (Å²) in [5.74, 6) is 3.61. The summed E-state index contributed by atoms with van der Waals surface area (Å²) < 4.78 is 28.3. The van der Waals surface area contributed by atoms with Crippen LogP contribution in [0.3, 0.4) is 0 Å². The quantitative estimate of drug-likeness (QED) is 0.748. The zero-order valence-corrected chi connectivity index (χ0v) is 15.7. The van der Waals surface area contributed by atoms with E-state index in [0.717, 1.165) is 17.3 Å². The van der Waals surface area contributed by atoms with E-state index in [4.69, 9.17) is 0 Å². The van der Waals surface area contributed by atoms with E-state index in [1.165, 1.54) is 0 Å². The molecule has 0 aliphatic carbocycles. The van der Waals surface area contributed by atoms with Gasteiger partial charge in [0.05, 0.1) is 0 Å². The molecule has 5 nitrogen and oxygen atoms in total. The number of halogens is 1. The third-order valence-corrected chi connectivity index (χ3v) is 7.55. The van der Waals surface area contributed by atoms with Gasteiger partial charge < -0.3 is 5.32 Å². The summed E-state index contributed by atoms with van der Waals surface area (Å²) in [7, 11) is -3.56. The van der Waals surface area contributed by atoms with E-state index in [9.17, 15) is 8.42 Å². The van der Waals surface area contributed by atoms with Crippen molar-refractivity contribution in [3.63, 3.8) is 0 Å². The van der Waals surface area contributed by atoms with Crippen LogP contribution in [0.15, 0.2) is 21.6 Å². The molecule has 1 aromatic heterocycles. The second kappa shape index (κ2) is 8.05. The van der Waals surface area contributed by atoms with Crippen LogP contribution in [0.1, 0.15) is 6.92 Å². The van der Waals surface area contributed by atoms with E-state index in [2.05, 4.69) is 31.0 Å². The van der Waals surface area contributed by atoms with Gasteiger partial charge >= 0.3 is 0 Å². The third-order valence-electron chi connectivity index (χ3n) is 2.84. The summed E-state index contributed by atoms with van der Waals surface area (Å²) in [4.78, 5) is 4.33. The van der Waals surface area contributed by atoms with Gasteiger partial charge in [-0.1, -0.05) is 0 Å². The van der Waals surface area contributed by atoms with Gasteiger partial charge in [0, 0.05) is 46.3 Å². The van der Waals surface area contributed by atoms with Crippen molar-refractivity contribution < 1.29 is 8.42 Å². The first kappa shape index (κ1) is 17.4. The fourth-order valence-corrected chi connectivity index (χ4v) is 6.30. The Bertz CT molecular complexity index is 577. The van der Waals surface area contributed by atoms with Crippen LogP contribution in [-0.2, 0) is 10.0 Å². The van der Waals surface area contributed by atoms with Gasteiger partial charge in [0.25, 0.3) is 0 Å². The zero-order valence-electron chi connectivity index (χ0n) is 11.6. The molecule has 0 aromatic carbocycles. The summed E-state index contributed by atoms with van der Waals surface area (Å²) in [5, 5.41) is 3.32. The highest BCUT2D eigenvalue weighted by Crippen LogP contribution is 2.25. The molecule has 0 saturated carbocycles. The molecule has 1 saturated heterocycles. The van der Waals surface area contributed by atoms with Crippen LogP contribution in [0.25, 0.3) is 0 Å². The number of nitrogens with one attached hydrogen (secondary N) is 2. The minimum Gasteiger partial charge on any atom is -0.369 e. The molecule has 0 radical (unpaired) electrons. The van der Waals surface area contributed by atoms with Crippen molar-refractivity contribution >= 4 is 55.3 Å². The number of thioether (sulfide) groups is 2. The van der Waals surface area contributed by atoms with Crippen molar-refractivity contribution in [3.05, 3.63) is 16.7 Å². The fourth-order valence-electron chi connectivity index (χ4n) is 1.86. The number of anilines is 1. The van der Waals surface area contributed by atoms with E-state index in [0.29, 0.717) is 28.6 Å². The van der Waals surface area contributed by atoms with Gasteiger partial charge in [0.15, 0.2) is 0 Å². The second-order valence-corrected chi connectivity index (χ2v) is 9.66. The number of pyridine rings is 1. The van der Waals surface area contributed by atoms with Gasteiger partial charge in [-0.25, -0.2) is 18.1 Å². The second-order valence-electron chi connectivity index (χ2n) is 4.45. The maximum Gasteiger partial charge on any atom is 0.244 e. The number of hydrogen-bond donors (Lipinski definition) is 2. The summed E-state index contributed by atoms with van der Waals surface area (Å²) in [6, 6.07) is 1.58. The molecule has 9 heteroatoms. The monoisotopic (exact) mass is 411 g/mol. The Labute approximate surface area is 142 Å². The Kier molecular flexibility index (Phi) is 6.67. The third kappa shape index (κ3) is 5.02. The van der Waals surface area contributed by atoms with Crippen molar-refractivity contribution in [2.45, 2.75) is 17.1 Å². The van der Waals surface area contributed by atoms with Gasteiger partial charge in [-0.3, -0.25) is 0 Å². The Morgan fingerprint density at radius 2 is 2.29 bits per heavy atom. The number of rotatable bonds is 6. The summed E-state index contributed by atoms with van der Waals surface area (Å²) in [6.45, 7) is 2.98. The number of hydrogen-bond acceptors (Lipinski definition) is 6. The number of sulfonamides is 1. The predicted molar refractivity (Wildman–Crippen MR) is 94.9 cm³/mol. The van der Waals surface area contributed by atoms with Crippen molar-refractivity contribution in [3.8, 4) is 0 Å². The van der Waals surface area contributed by atoms with Crippen LogP contribution in [0.2, 0.25) is 0 Å². The molecule has 0 spiro atoms. The number of nitrogens with zero attached hydrogens (tertiary/aromatic N) is 1. The van der Waals surface area contributed by atoms with Crippen LogP contribution in [0.4, 0.5) is 5.82 Å². The SMILES string of the molecule is CCNc1ncc(Br)cc1S(=O)(=O)NCC1CSCCS1. The average molecular weight is 412 g/mol. The predicted octanol–water partition coefficient (Wildman–Crippen LogP) is 2.40. The summed E-state index contributed by atoms with van der Waals surface area (Å²) in [6.07, 6.45) is 1.59. The van der Waals surface area contributed by atoms with Gasteiger partial charge in [-0.2, -0.15) is 23.5 Å². The van der Waals surface area contributed by atoms with Crippen LogP contribution in [0.5, 0.6) is 0 Å². The molecular formula is C12H18BrN3O2S3. The lowest BCUT2D eigenvalue weighted by Crippen LogP contribution is -2.34. The average Bonchev–Trinajstić information content (AvgIpc) is 2.48. The Morgan fingerprint density at radius 3 is 2.95 bits per heavy atom. The lowest BCUT2D eigenvalue weighted by atomic mass is 10.4. The first-order valence-corrected chi connectivity index (χ1v) is 11.1. The topological polar surface area (TPSA) is 71.1 Å².